The molecule has 0 aliphatic rings. The third kappa shape index (κ3) is 5.05. The van der Waals surface area contributed by atoms with E-state index in [1.54, 1.807) is 6.07 Å². The van der Waals surface area contributed by atoms with Crippen LogP contribution >= 0.6 is 11.3 Å². The molecule has 0 aliphatic carbocycles. The van der Waals surface area contributed by atoms with Gasteiger partial charge in [0, 0.05) is 5.69 Å². The molecule has 2 N–H and O–H groups in total. The van der Waals surface area contributed by atoms with Crippen LogP contribution in [0, 0.1) is 0 Å². The van der Waals surface area contributed by atoms with Crippen LogP contribution < -0.4 is 10.7 Å². The van der Waals surface area contributed by atoms with Gasteiger partial charge >= 0.3 is 0 Å². The van der Waals surface area contributed by atoms with Gasteiger partial charge in [0.1, 0.15) is 0 Å². The van der Waals surface area contributed by atoms with Crippen molar-refractivity contribution in [3.05, 3.63) is 100 Å². The van der Waals surface area contributed by atoms with Crippen LogP contribution in [0.4, 0.5) is 5.69 Å². The molecule has 3 aromatic carbocycles. The van der Waals surface area contributed by atoms with Gasteiger partial charge in [-0.2, -0.15) is 5.10 Å². The predicted octanol–water partition coefficient (Wildman–Crippen LogP) is 5.24. The van der Waals surface area contributed by atoms with Crippen molar-refractivity contribution in [1.29, 1.82) is 0 Å². The molecule has 0 fully saturated rings. The number of amides is 2. The van der Waals surface area contributed by atoms with Crippen molar-refractivity contribution in [2.45, 2.75) is 13.3 Å². The zero-order valence-corrected chi connectivity index (χ0v) is 17.8. The zero-order valence-electron chi connectivity index (χ0n) is 17.0. The summed E-state index contributed by atoms with van der Waals surface area (Å²) in [6.07, 6.45) is 0.245. The van der Waals surface area contributed by atoms with Crippen molar-refractivity contribution in [3.63, 3.8) is 0 Å². The maximum absolute atomic E-state index is 12.5. The summed E-state index contributed by atoms with van der Waals surface area (Å²) in [6, 6.07) is 24.9. The molecule has 1 heterocycles. The third-order valence-corrected chi connectivity index (χ3v) is 5.73. The summed E-state index contributed by atoms with van der Waals surface area (Å²) in [4.78, 5) is 25.4. The Balaban J connectivity index is 1.42. The van der Waals surface area contributed by atoms with E-state index >= 15 is 0 Å². The van der Waals surface area contributed by atoms with Gasteiger partial charge in [0.05, 0.1) is 17.0 Å². The van der Waals surface area contributed by atoms with Gasteiger partial charge in [0.2, 0.25) is 5.91 Å². The normalized spacial score (nSPS) is 11.3. The molecule has 0 radical (unpaired) electrons. The number of rotatable bonds is 6. The first kappa shape index (κ1) is 20.5. The molecule has 0 aliphatic heterocycles. The molecule has 0 atom stereocenters. The largest absolute Gasteiger partial charge is 0.321 e. The lowest BCUT2D eigenvalue weighted by molar-refractivity contribution is -0.120. The number of nitrogens with zero attached hydrogens (tertiary/aromatic N) is 1. The Morgan fingerprint density at radius 2 is 1.74 bits per heavy atom. The summed E-state index contributed by atoms with van der Waals surface area (Å²) in [6.45, 7) is 1.82. The Labute approximate surface area is 184 Å². The number of fused-ring (bicyclic) bond motifs is 1. The highest BCUT2D eigenvalue weighted by atomic mass is 32.1. The third-order valence-electron chi connectivity index (χ3n) is 4.86. The maximum Gasteiger partial charge on any atom is 0.265 e. The van der Waals surface area contributed by atoms with Gasteiger partial charge in [-0.15, -0.1) is 11.3 Å². The van der Waals surface area contributed by atoms with Crippen LogP contribution in [0.5, 0.6) is 0 Å². The van der Waals surface area contributed by atoms with Gasteiger partial charge in [0.25, 0.3) is 5.91 Å². The average molecular weight is 428 g/mol. The summed E-state index contributed by atoms with van der Waals surface area (Å²) in [5.41, 5.74) is 5.74. The molecular formula is C25H21N3O2S. The van der Waals surface area contributed by atoms with Gasteiger partial charge in [0.15, 0.2) is 0 Å². The number of carbonyl (C=O) groups excluding carboxylic acids is 2. The van der Waals surface area contributed by atoms with E-state index < -0.39 is 0 Å². The smallest absolute Gasteiger partial charge is 0.265 e. The Hall–Kier alpha value is -3.77. The fourth-order valence-electron chi connectivity index (χ4n) is 3.29. The van der Waals surface area contributed by atoms with Crippen LogP contribution in [0.1, 0.15) is 27.7 Å². The van der Waals surface area contributed by atoms with Gasteiger partial charge in [-0.25, -0.2) is 5.43 Å². The van der Waals surface area contributed by atoms with Crippen LogP contribution in [0.3, 0.4) is 0 Å². The highest BCUT2D eigenvalue weighted by Crippen LogP contribution is 2.19. The SMILES string of the molecule is C/C(=N\NC(=O)Cc1cccc2ccccc12)c1cccc(NC(=O)c2cccs2)c1. The van der Waals surface area contributed by atoms with Crippen LogP contribution in [0.15, 0.2) is 89.3 Å². The number of hydrogen-bond donors (Lipinski definition) is 2. The molecule has 1 aromatic heterocycles. The average Bonchev–Trinajstić information content (AvgIpc) is 3.33. The number of thiophene rings is 1. The molecule has 0 unspecified atom stereocenters. The first-order valence-electron chi connectivity index (χ1n) is 9.85. The van der Waals surface area contributed by atoms with Crippen molar-refractivity contribution >= 4 is 45.3 Å². The van der Waals surface area contributed by atoms with Gasteiger partial charge in [-0.1, -0.05) is 60.7 Å². The lowest BCUT2D eigenvalue weighted by Crippen LogP contribution is -2.21. The van der Waals surface area contributed by atoms with Gasteiger partial charge < -0.3 is 5.32 Å². The topological polar surface area (TPSA) is 70.6 Å². The van der Waals surface area contributed by atoms with Crippen LogP contribution in [-0.4, -0.2) is 17.5 Å². The van der Waals surface area contributed by atoms with Crippen molar-refractivity contribution in [3.8, 4) is 0 Å². The highest BCUT2D eigenvalue weighted by Gasteiger charge is 2.09. The Kier molecular flexibility index (Phi) is 6.19. The highest BCUT2D eigenvalue weighted by molar-refractivity contribution is 7.12. The summed E-state index contributed by atoms with van der Waals surface area (Å²) in [5.74, 6) is -0.331. The summed E-state index contributed by atoms with van der Waals surface area (Å²) in [5, 5.41) is 11.2. The van der Waals surface area contributed by atoms with Crippen LogP contribution in [0.2, 0.25) is 0 Å². The maximum atomic E-state index is 12.5. The molecule has 0 bridgehead atoms. The molecule has 0 saturated heterocycles. The Morgan fingerprint density at radius 1 is 0.935 bits per heavy atom. The monoisotopic (exact) mass is 427 g/mol. The second-order valence-electron chi connectivity index (χ2n) is 7.06. The fraction of sp³-hybridized carbons (Fsp3) is 0.0800. The van der Waals surface area contributed by atoms with Gasteiger partial charge in [-0.3, -0.25) is 9.59 Å². The minimum absolute atomic E-state index is 0.148. The van der Waals surface area contributed by atoms with Crippen molar-refractivity contribution < 1.29 is 9.59 Å². The molecule has 0 saturated carbocycles. The lowest BCUT2D eigenvalue weighted by Gasteiger charge is -2.08. The minimum Gasteiger partial charge on any atom is -0.321 e. The van der Waals surface area contributed by atoms with Crippen LogP contribution in [0.25, 0.3) is 10.8 Å². The zero-order chi connectivity index (χ0) is 21.6. The van der Waals surface area contributed by atoms with Gasteiger partial charge in [-0.05, 0) is 52.4 Å². The quantitative estimate of drug-likeness (QED) is 0.326. The first-order valence-corrected chi connectivity index (χ1v) is 10.7. The van der Waals surface area contributed by atoms with E-state index in [1.807, 2.05) is 85.1 Å². The second-order valence-corrected chi connectivity index (χ2v) is 8.01. The van der Waals surface area contributed by atoms with Crippen molar-refractivity contribution in [2.24, 2.45) is 5.10 Å². The minimum atomic E-state index is -0.183. The number of anilines is 1. The van der Waals surface area contributed by atoms with E-state index in [0.29, 0.717) is 16.3 Å². The molecule has 2 amide bonds. The summed E-state index contributed by atoms with van der Waals surface area (Å²) in [7, 11) is 0. The van der Waals surface area contributed by atoms with E-state index in [-0.39, 0.29) is 18.2 Å². The van der Waals surface area contributed by atoms with E-state index in [4.69, 9.17) is 0 Å². The van der Waals surface area contributed by atoms with Crippen molar-refractivity contribution in [1.82, 2.24) is 5.43 Å². The molecule has 4 aromatic rings. The number of hydrazone groups is 1. The molecule has 4 rings (SSSR count). The standard InChI is InChI=1S/C25H21N3O2S/c1-17(19-9-5-11-21(15-19)26-25(30)23-13-6-14-31-23)27-28-24(29)16-20-10-4-8-18-7-2-3-12-22(18)20/h2-15H,16H2,1H3,(H,26,30)(H,28,29)/b27-17+. The molecule has 6 heteroatoms. The Morgan fingerprint density at radius 3 is 2.58 bits per heavy atom. The molecule has 31 heavy (non-hydrogen) atoms. The lowest BCUT2D eigenvalue weighted by atomic mass is 10.0. The second kappa shape index (κ2) is 9.36. The number of carbonyl (C=O) groups is 2. The number of hydrogen-bond acceptors (Lipinski definition) is 4. The Bertz CT molecular complexity index is 1260. The van der Waals surface area contributed by atoms with E-state index in [2.05, 4.69) is 15.8 Å². The molecule has 154 valence electrons. The molecular weight excluding hydrogens is 406 g/mol. The fourth-order valence-corrected chi connectivity index (χ4v) is 3.91. The molecule has 5 nitrogen and oxygen atoms in total. The van der Waals surface area contributed by atoms with E-state index in [1.165, 1.54) is 11.3 Å². The number of benzene rings is 3. The molecule has 0 spiro atoms. The van der Waals surface area contributed by atoms with E-state index in [0.717, 1.165) is 21.9 Å². The number of nitrogens with one attached hydrogen (secondary N) is 2. The van der Waals surface area contributed by atoms with Crippen molar-refractivity contribution in [2.75, 3.05) is 5.32 Å². The summed E-state index contributed by atoms with van der Waals surface area (Å²) >= 11 is 1.39. The van der Waals surface area contributed by atoms with E-state index in [9.17, 15) is 9.59 Å². The first-order chi connectivity index (χ1) is 15.1. The van der Waals surface area contributed by atoms with Crippen LogP contribution in [-0.2, 0) is 11.2 Å². The predicted molar refractivity (Wildman–Crippen MR) is 127 cm³/mol. The summed E-state index contributed by atoms with van der Waals surface area (Å²) < 4.78 is 0.